The molecule has 1 aromatic rings. The summed E-state index contributed by atoms with van der Waals surface area (Å²) in [6.07, 6.45) is 0.565. The van der Waals surface area contributed by atoms with Crippen molar-refractivity contribution in [2.24, 2.45) is 11.7 Å². The number of hydrogen-bond donors (Lipinski definition) is 1. The fourth-order valence-corrected chi connectivity index (χ4v) is 2.01. The van der Waals surface area contributed by atoms with Crippen LogP contribution in [-0.4, -0.2) is 11.3 Å². The molecule has 0 aliphatic heterocycles. The molecule has 0 spiro atoms. The summed E-state index contributed by atoms with van der Waals surface area (Å²) in [5.74, 6) is -0.449. The number of Topliss-reactive ketones (excluding diaryl/α,β-unsaturated/α-hetero) is 1. The van der Waals surface area contributed by atoms with E-state index in [-0.39, 0.29) is 23.4 Å². The van der Waals surface area contributed by atoms with Gasteiger partial charge in [0.1, 0.15) is 11.6 Å². The van der Waals surface area contributed by atoms with Crippen LogP contribution < -0.4 is 5.73 Å². The third kappa shape index (κ3) is 4.22. The molecule has 3 heteroatoms. The highest BCUT2D eigenvalue weighted by molar-refractivity contribution is 5.87. The highest BCUT2D eigenvalue weighted by Gasteiger charge is 2.28. The molecule has 0 amide bonds. The topological polar surface area (TPSA) is 43.1 Å². The van der Waals surface area contributed by atoms with Gasteiger partial charge in [0.05, 0.1) is 0 Å². The number of rotatable bonds is 5. The van der Waals surface area contributed by atoms with Crippen molar-refractivity contribution in [3.63, 3.8) is 0 Å². The first-order valence-electron chi connectivity index (χ1n) is 6.29. The molecule has 100 valence electrons. The van der Waals surface area contributed by atoms with E-state index in [0.717, 1.165) is 5.56 Å². The molecule has 2 N–H and O–H groups in total. The molecule has 1 rings (SSSR count). The zero-order valence-electron chi connectivity index (χ0n) is 11.5. The molecule has 0 heterocycles. The Hall–Kier alpha value is -1.22. The van der Waals surface area contributed by atoms with Gasteiger partial charge in [-0.2, -0.15) is 0 Å². The maximum atomic E-state index is 12.9. The molecule has 18 heavy (non-hydrogen) atoms. The van der Waals surface area contributed by atoms with Crippen LogP contribution in [0.15, 0.2) is 24.3 Å². The van der Waals surface area contributed by atoms with E-state index in [4.69, 9.17) is 5.73 Å². The second kappa shape index (κ2) is 5.61. The Morgan fingerprint density at radius 3 is 2.17 bits per heavy atom. The standard InChI is InChI=1S/C15H22FNO/c1-10(2)14(18)13(9-15(3,4)17)11-5-7-12(16)8-6-11/h5-8,10,13H,9,17H2,1-4H3. The number of hydrogen-bond acceptors (Lipinski definition) is 2. The van der Waals surface area contributed by atoms with E-state index in [2.05, 4.69) is 0 Å². The van der Waals surface area contributed by atoms with Crippen molar-refractivity contribution in [3.05, 3.63) is 35.6 Å². The van der Waals surface area contributed by atoms with E-state index in [9.17, 15) is 9.18 Å². The Bertz CT molecular complexity index is 403. The molecule has 2 nitrogen and oxygen atoms in total. The first-order valence-corrected chi connectivity index (χ1v) is 6.29. The number of carbonyl (C=O) groups excluding carboxylic acids is 1. The SMILES string of the molecule is CC(C)C(=O)C(CC(C)(C)N)c1ccc(F)cc1. The Kier molecular flexibility index (Phi) is 4.63. The zero-order chi connectivity index (χ0) is 13.9. The van der Waals surface area contributed by atoms with E-state index in [1.165, 1.54) is 12.1 Å². The fourth-order valence-electron chi connectivity index (χ4n) is 2.01. The van der Waals surface area contributed by atoms with Crippen LogP contribution in [0.2, 0.25) is 0 Å². The molecule has 0 radical (unpaired) electrons. The molecular weight excluding hydrogens is 229 g/mol. The molecule has 0 saturated heterocycles. The van der Waals surface area contributed by atoms with Gasteiger partial charge in [-0.05, 0) is 38.0 Å². The molecule has 1 unspecified atom stereocenters. The third-order valence-electron chi connectivity index (χ3n) is 2.92. The first kappa shape index (κ1) is 14.8. The van der Waals surface area contributed by atoms with E-state index < -0.39 is 5.54 Å². The summed E-state index contributed by atoms with van der Waals surface area (Å²) in [6.45, 7) is 7.55. The van der Waals surface area contributed by atoms with Crippen LogP contribution in [0.5, 0.6) is 0 Å². The second-order valence-corrected chi connectivity index (χ2v) is 5.85. The van der Waals surface area contributed by atoms with Crippen LogP contribution in [-0.2, 0) is 4.79 Å². The van der Waals surface area contributed by atoms with Crippen LogP contribution in [0.1, 0.15) is 45.6 Å². The molecule has 0 aromatic heterocycles. The van der Waals surface area contributed by atoms with Gasteiger partial charge < -0.3 is 5.73 Å². The summed E-state index contributed by atoms with van der Waals surface area (Å²) in [7, 11) is 0. The van der Waals surface area contributed by atoms with Gasteiger partial charge in [-0.25, -0.2) is 4.39 Å². The van der Waals surface area contributed by atoms with Gasteiger partial charge in [0.15, 0.2) is 0 Å². The Balaban J connectivity index is 3.04. The third-order valence-corrected chi connectivity index (χ3v) is 2.92. The fraction of sp³-hybridized carbons (Fsp3) is 0.533. The minimum atomic E-state index is -0.427. The Labute approximate surface area is 108 Å². The molecule has 0 fully saturated rings. The van der Waals surface area contributed by atoms with Crippen molar-refractivity contribution in [1.82, 2.24) is 0 Å². The molecule has 0 aliphatic rings. The van der Waals surface area contributed by atoms with Gasteiger partial charge >= 0.3 is 0 Å². The van der Waals surface area contributed by atoms with Crippen molar-refractivity contribution in [3.8, 4) is 0 Å². The second-order valence-electron chi connectivity index (χ2n) is 5.85. The molecular formula is C15H22FNO. The monoisotopic (exact) mass is 251 g/mol. The predicted octanol–water partition coefficient (Wildman–Crippen LogP) is 3.26. The van der Waals surface area contributed by atoms with Crippen LogP contribution in [0, 0.1) is 11.7 Å². The summed E-state index contributed by atoms with van der Waals surface area (Å²) in [4.78, 5) is 12.3. The number of ketones is 1. The minimum absolute atomic E-state index is 0.0533. The normalized spacial score (nSPS) is 13.7. The maximum absolute atomic E-state index is 12.9. The molecule has 1 atom stereocenters. The van der Waals surface area contributed by atoms with E-state index in [1.54, 1.807) is 12.1 Å². The summed E-state index contributed by atoms with van der Waals surface area (Å²) >= 11 is 0. The van der Waals surface area contributed by atoms with Crippen LogP contribution in [0.25, 0.3) is 0 Å². The van der Waals surface area contributed by atoms with E-state index in [0.29, 0.717) is 6.42 Å². The molecule has 0 bridgehead atoms. The number of nitrogens with two attached hydrogens (primary N) is 1. The van der Waals surface area contributed by atoms with Crippen molar-refractivity contribution in [1.29, 1.82) is 0 Å². The largest absolute Gasteiger partial charge is 0.326 e. The van der Waals surface area contributed by atoms with Crippen LogP contribution in [0.3, 0.4) is 0 Å². The highest BCUT2D eigenvalue weighted by Crippen LogP contribution is 2.28. The Morgan fingerprint density at radius 1 is 1.28 bits per heavy atom. The average Bonchev–Trinajstić information content (AvgIpc) is 2.25. The van der Waals surface area contributed by atoms with Gasteiger partial charge in [0, 0.05) is 17.4 Å². The molecule has 1 aromatic carbocycles. The Morgan fingerprint density at radius 2 is 1.78 bits per heavy atom. The summed E-state index contributed by atoms with van der Waals surface area (Å²) in [6, 6.07) is 6.12. The average molecular weight is 251 g/mol. The smallest absolute Gasteiger partial charge is 0.142 e. The van der Waals surface area contributed by atoms with E-state index in [1.807, 2.05) is 27.7 Å². The van der Waals surface area contributed by atoms with Gasteiger partial charge in [0.25, 0.3) is 0 Å². The van der Waals surface area contributed by atoms with Crippen molar-refractivity contribution < 1.29 is 9.18 Å². The van der Waals surface area contributed by atoms with Crippen LogP contribution >= 0.6 is 0 Å². The van der Waals surface area contributed by atoms with Crippen molar-refractivity contribution in [2.75, 3.05) is 0 Å². The molecule has 0 saturated carbocycles. The highest BCUT2D eigenvalue weighted by atomic mass is 19.1. The van der Waals surface area contributed by atoms with Gasteiger partial charge in [-0.1, -0.05) is 26.0 Å². The lowest BCUT2D eigenvalue weighted by Crippen LogP contribution is -2.36. The van der Waals surface area contributed by atoms with Gasteiger partial charge in [-0.15, -0.1) is 0 Å². The van der Waals surface area contributed by atoms with Crippen LogP contribution in [0.4, 0.5) is 4.39 Å². The van der Waals surface area contributed by atoms with E-state index >= 15 is 0 Å². The zero-order valence-corrected chi connectivity index (χ0v) is 11.5. The maximum Gasteiger partial charge on any atom is 0.142 e. The lowest BCUT2D eigenvalue weighted by Gasteiger charge is -2.26. The minimum Gasteiger partial charge on any atom is -0.326 e. The summed E-state index contributed by atoms with van der Waals surface area (Å²) in [5.41, 5.74) is 6.43. The number of halogens is 1. The van der Waals surface area contributed by atoms with Gasteiger partial charge in [-0.3, -0.25) is 4.79 Å². The number of benzene rings is 1. The predicted molar refractivity (Wildman–Crippen MR) is 71.9 cm³/mol. The summed E-state index contributed by atoms with van der Waals surface area (Å²) in [5, 5.41) is 0. The number of carbonyl (C=O) groups is 1. The first-order chi connectivity index (χ1) is 8.20. The quantitative estimate of drug-likeness (QED) is 0.872. The lowest BCUT2D eigenvalue weighted by molar-refractivity contribution is -0.123. The van der Waals surface area contributed by atoms with Gasteiger partial charge in [0.2, 0.25) is 0 Å². The van der Waals surface area contributed by atoms with Crippen molar-refractivity contribution >= 4 is 5.78 Å². The summed E-state index contributed by atoms with van der Waals surface area (Å²) < 4.78 is 12.9. The lowest BCUT2D eigenvalue weighted by atomic mass is 9.80. The molecule has 0 aliphatic carbocycles. The van der Waals surface area contributed by atoms with Crippen molar-refractivity contribution in [2.45, 2.75) is 45.6 Å².